The van der Waals surface area contributed by atoms with Crippen molar-refractivity contribution in [3.8, 4) is 0 Å². The SMILES string of the molecule is N=C(OCc1nc2c(c(C(F)(F)F)n1)C1(CCCC1)C(=O)N2c1ccc(N2CCOCC2)cc1)N1CCC[C@@H]1C(F)(F)F. The van der Waals surface area contributed by atoms with E-state index in [1.807, 2.05) is 0 Å². The summed E-state index contributed by atoms with van der Waals surface area (Å²) in [6.45, 7) is 1.63. The first-order chi connectivity index (χ1) is 20.4. The molecule has 4 heterocycles. The van der Waals surface area contributed by atoms with E-state index >= 15 is 0 Å². The predicted molar refractivity (Wildman–Crippen MR) is 142 cm³/mol. The van der Waals surface area contributed by atoms with Crippen LogP contribution >= 0.6 is 0 Å². The highest BCUT2D eigenvalue weighted by Crippen LogP contribution is 2.55. The first-order valence-corrected chi connectivity index (χ1v) is 14.2. The monoisotopic (exact) mass is 612 g/mol. The third kappa shape index (κ3) is 5.25. The molecule has 1 aliphatic carbocycles. The average molecular weight is 613 g/mol. The molecule has 232 valence electrons. The van der Waals surface area contributed by atoms with Crippen LogP contribution in [0.1, 0.15) is 55.6 Å². The number of benzene rings is 1. The minimum atomic E-state index is -4.95. The lowest BCUT2D eigenvalue weighted by atomic mass is 9.79. The molecule has 43 heavy (non-hydrogen) atoms. The molecule has 1 aromatic carbocycles. The minimum absolute atomic E-state index is 0.0763. The molecule has 2 saturated heterocycles. The van der Waals surface area contributed by atoms with Crippen LogP contribution < -0.4 is 9.80 Å². The second-order valence-electron chi connectivity index (χ2n) is 11.2. The van der Waals surface area contributed by atoms with Gasteiger partial charge in [-0.15, -0.1) is 0 Å². The Hall–Kier alpha value is -3.62. The van der Waals surface area contributed by atoms with Gasteiger partial charge in [-0.1, -0.05) is 12.8 Å². The zero-order valence-electron chi connectivity index (χ0n) is 23.1. The summed E-state index contributed by atoms with van der Waals surface area (Å²) >= 11 is 0. The van der Waals surface area contributed by atoms with Gasteiger partial charge < -0.3 is 19.3 Å². The topological polar surface area (TPSA) is 94.9 Å². The first kappa shape index (κ1) is 29.5. The first-order valence-electron chi connectivity index (χ1n) is 14.2. The Kier molecular flexibility index (Phi) is 7.42. The van der Waals surface area contributed by atoms with Crippen molar-refractivity contribution in [3.63, 3.8) is 0 Å². The van der Waals surface area contributed by atoms with E-state index in [2.05, 4.69) is 14.9 Å². The summed E-state index contributed by atoms with van der Waals surface area (Å²) in [6, 6.07) is 4.16. The number of aromatic nitrogens is 2. The van der Waals surface area contributed by atoms with E-state index in [1.54, 1.807) is 24.3 Å². The van der Waals surface area contributed by atoms with Crippen LogP contribution in [0, 0.1) is 5.41 Å². The van der Waals surface area contributed by atoms with Crippen LogP contribution in [0.3, 0.4) is 0 Å². The third-order valence-electron chi connectivity index (χ3n) is 8.68. The van der Waals surface area contributed by atoms with Gasteiger partial charge in [0.05, 0.1) is 24.3 Å². The number of nitrogens with zero attached hydrogens (tertiary/aromatic N) is 5. The zero-order valence-corrected chi connectivity index (χ0v) is 23.1. The van der Waals surface area contributed by atoms with Crippen LogP contribution in [0.25, 0.3) is 0 Å². The summed E-state index contributed by atoms with van der Waals surface area (Å²) in [7, 11) is 0. The number of likely N-dealkylation sites (tertiary alicyclic amines) is 1. The van der Waals surface area contributed by atoms with E-state index in [-0.39, 0.29) is 43.6 Å². The summed E-state index contributed by atoms with van der Waals surface area (Å²) in [5, 5.41) is 8.07. The number of anilines is 3. The molecule has 1 amide bonds. The molecule has 1 aromatic heterocycles. The van der Waals surface area contributed by atoms with E-state index in [9.17, 15) is 31.1 Å². The molecule has 6 rings (SSSR count). The maximum atomic E-state index is 14.5. The fourth-order valence-electron chi connectivity index (χ4n) is 6.67. The van der Waals surface area contributed by atoms with E-state index in [0.29, 0.717) is 44.8 Å². The number of morpholine rings is 1. The molecule has 0 radical (unpaired) electrons. The van der Waals surface area contributed by atoms with Crippen LogP contribution in [0.15, 0.2) is 24.3 Å². The van der Waals surface area contributed by atoms with Crippen molar-refractivity contribution in [3.05, 3.63) is 41.3 Å². The number of carbonyl (C=O) groups is 1. The molecular formula is C28H30F6N6O3. The summed E-state index contributed by atoms with van der Waals surface area (Å²) in [6.07, 6.45) is -8.02. The molecular weight excluding hydrogens is 582 g/mol. The molecule has 1 atom stereocenters. The molecule has 15 heteroatoms. The minimum Gasteiger partial charge on any atom is -0.457 e. The summed E-state index contributed by atoms with van der Waals surface area (Å²) in [4.78, 5) is 26.1. The number of hydrogen-bond acceptors (Lipinski definition) is 7. The number of halogens is 6. The van der Waals surface area contributed by atoms with Crippen LogP contribution in [-0.4, -0.2) is 71.9 Å². The molecule has 3 fully saturated rings. The lowest BCUT2D eigenvalue weighted by molar-refractivity contribution is -0.169. The van der Waals surface area contributed by atoms with Gasteiger partial charge in [-0.2, -0.15) is 26.3 Å². The number of amides is 1. The molecule has 4 aliphatic rings. The number of amidine groups is 1. The Morgan fingerprint density at radius 2 is 1.63 bits per heavy atom. The van der Waals surface area contributed by atoms with Crippen molar-refractivity contribution in [2.45, 2.75) is 68.9 Å². The van der Waals surface area contributed by atoms with Gasteiger partial charge in [-0.3, -0.25) is 15.1 Å². The van der Waals surface area contributed by atoms with Gasteiger partial charge in [0.2, 0.25) is 5.91 Å². The number of nitrogens with one attached hydrogen (secondary N) is 1. The molecule has 1 spiro atoms. The fourth-order valence-corrected chi connectivity index (χ4v) is 6.67. The Bertz CT molecular complexity index is 1390. The highest BCUT2D eigenvalue weighted by atomic mass is 19.4. The van der Waals surface area contributed by atoms with Crippen molar-refractivity contribution in [2.24, 2.45) is 0 Å². The Balaban J connectivity index is 1.36. The third-order valence-corrected chi connectivity index (χ3v) is 8.68. The van der Waals surface area contributed by atoms with Crippen molar-refractivity contribution in [1.82, 2.24) is 14.9 Å². The van der Waals surface area contributed by atoms with Gasteiger partial charge >= 0.3 is 12.4 Å². The van der Waals surface area contributed by atoms with Crippen LogP contribution in [0.5, 0.6) is 0 Å². The summed E-state index contributed by atoms with van der Waals surface area (Å²) in [5.74, 6) is -1.22. The quantitative estimate of drug-likeness (QED) is 0.285. The Labute approximate surface area is 243 Å². The Morgan fingerprint density at radius 3 is 2.26 bits per heavy atom. The number of carbonyl (C=O) groups excluding carboxylic acids is 1. The maximum absolute atomic E-state index is 14.5. The van der Waals surface area contributed by atoms with Crippen molar-refractivity contribution in [2.75, 3.05) is 42.6 Å². The normalized spacial score (nSPS) is 22.0. The molecule has 9 nitrogen and oxygen atoms in total. The highest BCUT2D eigenvalue weighted by molar-refractivity contribution is 6.12. The smallest absolute Gasteiger partial charge is 0.433 e. The van der Waals surface area contributed by atoms with Crippen LogP contribution in [0.4, 0.5) is 43.5 Å². The van der Waals surface area contributed by atoms with Crippen molar-refractivity contribution >= 4 is 29.1 Å². The van der Waals surface area contributed by atoms with E-state index in [4.69, 9.17) is 14.9 Å². The number of alkyl halides is 6. The zero-order chi connectivity index (χ0) is 30.6. The summed E-state index contributed by atoms with van der Waals surface area (Å²) in [5.41, 5.74) is -1.77. The van der Waals surface area contributed by atoms with Gasteiger partial charge in [0.1, 0.15) is 11.9 Å². The van der Waals surface area contributed by atoms with Crippen LogP contribution in [-0.2, 0) is 32.5 Å². The standard InChI is InChI=1S/C28H30F6N6O3/c29-27(30,31)19-4-3-11-39(19)25(35)43-16-20-36-22(28(32,33)34)21-23(37-20)40(24(41)26(21)9-1-2-10-26)18-7-5-17(6-8-18)38-12-14-42-15-13-38/h5-8,19,35H,1-4,9-16H2/t19-/m1/s1. The fraction of sp³-hybridized carbons (Fsp3) is 0.571. The maximum Gasteiger partial charge on any atom is 0.433 e. The number of ether oxygens (including phenoxy) is 2. The molecule has 0 bridgehead atoms. The molecule has 1 saturated carbocycles. The largest absolute Gasteiger partial charge is 0.457 e. The summed E-state index contributed by atoms with van der Waals surface area (Å²) < 4.78 is 94.5. The van der Waals surface area contributed by atoms with E-state index in [0.717, 1.165) is 10.6 Å². The second-order valence-corrected chi connectivity index (χ2v) is 11.2. The molecule has 3 aliphatic heterocycles. The predicted octanol–water partition coefficient (Wildman–Crippen LogP) is 5.30. The van der Waals surface area contributed by atoms with Gasteiger partial charge in [0.25, 0.3) is 6.02 Å². The lowest BCUT2D eigenvalue weighted by Crippen LogP contribution is -2.45. The van der Waals surface area contributed by atoms with E-state index < -0.39 is 53.9 Å². The van der Waals surface area contributed by atoms with Crippen molar-refractivity contribution in [1.29, 1.82) is 5.41 Å². The highest BCUT2D eigenvalue weighted by Gasteiger charge is 2.58. The van der Waals surface area contributed by atoms with Crippen molar-refractivity contribution < 1.29 is 40.6 Å². The lowest BCUT2D eigenvalue weighted by Gasteiger charge is -2.29. The number of fused-ring (bicyclic) bond motifs is 2. The second kappa shape index (κ2) is 10.8. The van der Waals surface area contributed by atoms with Crippen LogP contribution in [0.2, 0.25) is 0 Å². The van der Waals surface area contributed by atoms with Gasteiger partial charge in [0.15, 0.2) is 18.1 Å². The average Bonchev–Trinajstić information content (AvgIpc) is 3.72. The molecule has 2 aromatic rings. The molecule has 1 N–H and O–H groups in total. The number of hydrogen-bond donors (Lipinski definition) is 1. The van der Waals surface area contributed by atoms with Gasteiger partial charge in [-0.05, 0) is 49.9 Å². The van der Waals surface area contributed by atoms with Gasteiger partial charge in [0, 0.05) is 30.9 Å². The van der Waals surface area contributed by atoms with Gasteiger partial charge in [-0.25, -0.2) is 9.97 Å². The Morgan fingerprint density at radius 1 is 0.977 bits per heavy atom. The molecule has 0 unspecified atom stereocenters. The van der Waals surface area contributed by atoms with E-state index in [1.165, 1.54) is 4.90 Å². The number of rotatable bonds is 4.